The van der Waals surface area contributed by atoms with Crippen LogP contribution < -0.4 is 0 Å². The van der Waals surface area contributed by atoms with Crippen molar-refractivity contribution in [2.45, 2.75) is 0 Å². The van der Waals surface area contributed by atoms with Crippen molar-refractivity contribution in [1.82, 2.24) is 9.13 Å². The molecule has 50 heavy (non-hydrogen) atoms. The molecule has 2 nitrogen and oxygen atoms in total. The Hall–Kier alpha value is -6.64. The molecule has 2 heterocycles. The quantitative estimate of drug-likeness (QED) is 0.178. The van der Waals surface area contributed by atoms with Gasteiger partial charge < -0.3 is 9.13 Å². The highest BCUT2D eigenvalue weighted by atomic mass is 15.0. The third kappa shape index (κ3) is 4.36. The molecule has 0 aliphatic rings. The van der Waals surface area contributed by atoms with Crippen LogP contribution in [0.5, 0.6) is 0 Å². The lowest BCUT2D eigenvalue weighted by atomic mass is 9.92. The molecule has 234 valence electrons. The van der Waals surface area contributed by atoms with E-state index in [1.807, 2.05) is 0 Å². The van der Waals surface area contributed by atoms with E-state index < -0.39 is 0 Å². The summed E-state index contributed by atoms with van der Waals surface area (Å²) in [5, 5.41) is 5.00. The number of para-hydroxylation sites is 5. The topological polar surface area (TPSA) is 9.86 Å². The maximum atomic E-state index is 2.49. The molecule has 0 atom stereocenters. The van der Waals surface area contributed by atoms with Gasteiger partial charge >= 0.3 is 0 Å². The van der Waals surface area contributed by atoms with Crippen LogP contribution in [0.3, 0.4) is 0 Å². The summed E-state index contributed by atoms with van der Waals surface area (Å²) < 4.78 is 4.95. The SMILES string of the molecule is c1ccc(-c2ccc(-n3c4ccccc4c4ccccc43)c(-c3cccc(-c4ccccc4)c3-n3c4ccccc4c4ccccc43)c2)cc1. The van der Waals surface area contributed by atoms with E-state index in [-0.39, 0.29) is 0 Å². The van der Waals surface area contributed by atoms with E-state index in [9.17, 15) is 0 Å². The Morgan fingerprint density at radius 1 is 0.260 bits per heavy atom. The summed E-state index contributed by atoms with van der Waals surface area (Å²) in [6, 6.07) is 70.5. The lowest BCUT2D eigenvalue weighted by molar-refractivity contribution is 1.16. The highest BCUT2D eigenvalue weighted by molar-refractivity contribution is 6.12. The minimum Gasteiger partial charge on any atom is -0.309 e. The zero-order valence-corrected chi connectivity index (χ0v) is 27.4. The maximum absolute atomic E-state index is 2.49. The van der Waals surface area contributed by atoms with Crippen molar-refractivity contribution >= 4 is 43.6 Å². The van der Waals surface area contributed by atoms with Crippen molar-refractivity contribution < 1.29 is 0 Å². The molecule has 0 fully saturated rings. The van der Waals surface area contributed by atoms with Crippen molar-refractivity contribution in [2.24, 2.45) is 0 Å². The Bertz CT molecular complexity index is 2750. The number of benzene rings is 8. The van der Waals surface area contributed by atoms with E-state index >= 15 is 0 Å². The standard InChI is InChI=1S/C48H32N2/c1-3-16-33(17-4-1)35-30-31-47(49-43-26-11-7-20-37(43)38-21-8-12-27-44(38)49)42(32-35)41-25-15-24-36(34-18-5-2-6-19-34)48(41)50-45-28-13-9-22-39(45)40-23-10-14-29-46(40)50/h1-32H. The minimum absolute atomic E-state index is 1.15. The first-order valence-electron chi connectivity index (χ1n) is 17.2. The second-order valence-corrected chi connectivity index (χ2v) is 12.9. The Morgan fingerprint density at radius 3 is 1.24 bits per heavy atom. The summed E-state index contributed by atoms with van der Waals surface area (Å²) in [6.45, 7) is 0. The van der Waals surface area contributed by atoms with Gasteiger partial charge in [-0.1, -0.05) is 158 Å². The first kappa shape index (κ1) is 28.4. The van der Waals surface area contributed by atoms with Gasteiger partial charge in [-0.2, -0.15) is 0 Å². The van der Waals surface area contributed by atoms with Crippen LogP contribution in [0.2, 0.25) is 0 Å². The van der Waals surface area contributed by atoms with Crippen molar-refractivity contribution in [2.75, 3.05) is 0 Å². The van der Waals surface area contributed by atoms with Crippen LogP contribution in [0.25, 0.3) is 88.4 Å². The zero-order chi connectivity index (χ0) is 33.0. The van der Waals surface area contributed by atoms with Gasteiger partial charge in [0.05, 0.1) is 33.4 Å². The third-order valence-electron chi connectivity index (χ3n) is 10.1. The van der Waals surface area contributed by atoms with Gasteiger partial charge in [0.15, 0.2) is 0 Å². The van der Waals surface area contributed by atoms with Crippen LogP contribution in [0, 0.1) is 0 Å². The molecule has 0 bridgehead atoms. The predicted molar refractivity (Wildman–Crippen MR) is 211 cm³/mol. The first-order chi connectivity index (χ1) is 24.8. The summed E-state index contributed by atoms with van der Waals surface area (Å²) in [7, 11) is 0. The van der Waals surface area contributed by atoms with Gasteiger partial charge in [0, 0.05) is 38.2 Å². The van der Waals surface area contributed by atoms with Crippen molar-refractivity contribution in [3.8, 4) is 44.8 Å². The summed E-state index contributed by atoms with van der Waals surface area (Å²) in [5.41, 5.74) is 14.2. The van der Waals surface area contributed by atoms with Crippen molar-refractivity contribution in [3.63, 3.8) is 0 Å². The number of hydrogen-bond donors (Lipinski definition) is 0. The van der Waals surface area contributed by atoms with E-state index in [4.69, 9.17) is 0 Å². The molecule has 10 rings (SSSR count). The monoisotopic (exact) mass is 636 g/mol. The molecule has 0 amide bonds. The second-order valence-electron chi connectivity index (χ2n) is 12.9. The Labute approximate surface area is 290 Å². The summed E-state index contributed by atoms with van der Waals surface area (Å²) in [6.07, 6.45) is 0. The molecule has 2 aromatic heterocycles. The molecule has 0 radical (unpaired) electrons. The summed E-state index contributed by atoms with van der Waals surface area (Å²) in [4.78, 5) is 0. The van der Waals surface area contributed by atoms with Crippen LogP contribution in [0.1, 0.15) is 0 Å². The summed E-state index contributed by atoms with van der Waals surface area (Å²) in [5.74, 6) is 0. The predicted octanol–water partition coefficient (Wildman–Crippen LogP) is 12.9. The van der Waals surface area contributed by atoms with Gasteiger partial charge in [-0.3, -0.25) is 0 Å². The molecule has 0 N–H and O–H groups in total. The molecule has 0 saturated carbocycles. The van der Waals surface area contributed by atoms with E-state index in [2.05, 4.69) is 203 Å². The molecule has 0 aliphatic carbocycles. The lowest BCUT2D eigenvalue weighted by Gasteiger charge is -2.22. The fraction of sp³-hybridized carbons (Fsp3) is 0. The van der Waals surface area contributed by atoms with E-state index in [0.717, 1.165) is 5.69 Å². The number of hydrogen-bond acceptors (Lipinski definition) is 0. The Kier molecular flexibility index (Phi) is 6.53. The summed E-state index contributed by atoms with van der Waals surface area (Å²) >= 11 is 0. The van der Waals surface area contributed by atoms with E-state index in [1.165, 1.54) is 82.7 Å². The molecule has 0 aliphatic heterocycles. The number of aromatic nitrogens is 2. The average Bonchev–Trinajstić information content (AvgIpc) is 3.71. The van der Waals surface area contributed by atoms with Crippen molar-refractivity contribution in [1.29, 1.82) is 0 Å². The lowest BCUT2D eigenvalue weighted by Crippen LogP contribution is -2.03. The van der Waals surface area contributed by atoms with Gasteiger partial charge in [0.2, 0.25) is 0 Å². The van der Waals surface area contributed by atoms with Gasteiger partial charge in [-0.15, -0.1) is 0 Å². The molecular formula is C48H32N2. The number of nitrogens with zero attached hydrogens (tertiary/aromatic N) is 2. The van der Waals surface area contributed by atoms with E-state index in [0.29, 0.717) is 0 Å². The Morgan fingerprint density at radius 2 is 0.700 bits per heavy atom. The van der Waals surface area contributed by atoms with E-state index in [1.54, 1.807) is 0 Å². The van der Waals surface area contributed by atoms with Gasteiger partial charge in [-0.25, -0.2) is 0 Å². The highest BCUT2D eigenvalue weighted by Crippen LogP contribution is 2.45. The van der Waals surface area contributed by atoms with Gasteiger partial charge in [0.25, 0.3) is 0 Å². The zero-order valence-electron chi connectivity index (χ0n) is 27.4. The fourth-order valence-electron chi connectivity index (χ4n) is 7.95. The molecule has 0 spiro atoms. The fourth-order valence-corrected chi connectivity index (χ4v) is 7.95. The number of rotatable bonds is 5. The molecule has 2 heteroatoms. The smallest absolute Gasteiger partial charge is 0.0619 e. The van der Waals surface area contributed by atoms with Crippen LogP contribution in [-0.4, -0.2) is 9.13 Å². The molecule has 0 saturated heterocycles. The van der Waals surface area contributed by atoms with Crippen LogP contribution in [0.4, 0.5) is 0 Å². The van der Waals surface area contributed by atoms with Gasteiger partial charge in [-0.05, 0) is 53.1 Å². The molecule has 0 unspecified atom stereocenters. The maximum Gasteiger partial charge on any atom is 0.0619 e. The van der Waals surface area contributed by atoms with Crippen molar-refractivity contribution in [3.05, 3.63) is 194 Å². The number of fused-ring (bicyclic) bond motifs is 6. The minimum atomic E-state index is 1.15. The largest absolute Gasteiger partial charge is 0.309 e. The van der Waals surface area contributed by atoms with Crippen LogP contribution >= 0.6 is 0 Å². The molecular weight excluding hydrogens is 605 g/mol. The second kappa shape index (κ2) is 11.5. The third-order valence-corrected chi connectivity index (χ3v) is 10.1. The average molecular weight is 637 g/mol. The highest BCUT2D eigenvalue weighted by Gasteiger charge is 2.23. The molecule has 10 aromatic rings. The van der Waals surface area contributed by atoms with Crippen LogP contribution in [-0.2, 0) is 0 Å². The Balaban J connectivity index is 1.38. The molecule has 8 aromatic carbocycles. The van der Waals surface area contributed by atoms with Gasteiger partial charge in [0.1, 0.15) is 0 Å². The normalized spacial score (nSPS) is 11.6. The van der Waals surface area contributed by atoms with Crippen LogP contribution in [0.15, 0.2) is 194 Å². The first-order valence-corrected chi connectivity index (χ1v) is 17.2.